The SMILES string of the molecule is CCc1nc(C2=C(N)CN(C(=O)c3ccccc3O)C2)nc(C)c1Cl. The van der Waals surface area contributed by atoms with E-state index in [9.17, 15) is 9.90 Å². The second kappa shape index (κ2) is 6.72. The van der Waals surface area contributed by atoms with Crippen LogP contribution in [0.15, 0.2) is 30.0 Å². The minimum atomic E-state index is -0.280. The summed E-state index contributed by atoms with van der Waals surface area (Å²) in [7, 11) is 0. The van der Waals surface area contributed by atoms with Crippen molar-refractivity contribution in [1.82, 2.24) is 14.9 Å². The first-order valence-corrected chi connectivity index (χ1v) is 8.38. The molecule has 1 aromatic carbocycles. The molecule has 3 N–H and O–H groups in total. The number of hydrogen-bond donors (Lipinski definition) is 2. The number of para-hydroxylation sites is 1. The Labute approximate surface area is 151 Å². The van der Waals surface area contributed by atoms with Gasteiger partial charge in [0.05, 0.1) is 35.1 Å². The van der Waals surface area contributed by atoms with E-state index in [-0.39, 0.29) is 23.8 Å². The number of benzene rings is 1. The number of aromatic hydroxyl groups is 1. The Bertz CT molecular complexity index is 879. The van der Waals surface area contributed by atoms with Crippen LogP contribution in [0, 0.1) is 6.92 Å². The molecular weight excluding hydrogens is 340 g/mol. The summed E-state index contributed by atoms with van der Waals surface area (Å²) in [6.07, 6.45) is 0.683. The lowest BCUT2D eigenvalue weighted by atomic mass is 10.1. The number of carbonyl (C=O) groups excluding carboxylic acids is 1. The van der Waals surface area contributed by atoms with Crippen LogP contribution in [0.5, 0.6) is 5.75 Å². The Morgan fingerprint density at radius 3 is 2.72 bits per heavy atom. The normalized spacial score (nSPS) is 14.3. The Morgan fingerprint density at radius 2 is 2.04 bits per heavy atom. The van der Waals surface area contributed by atoms with Crippen LogP contribution >= 0.6 is 11.6 Å². The molecule has 0 saturated heterocycles. The van der Waals surface area contributed by atoms with Gasteiger partial charge in [0.25, 0.3) is 5.91 Å². The minimum Gasteiger partial charge on any atom is -0.507 e. The maximum Gasteiger partial charge on any atom is 0.258 e. The number of phenols is 1. The summed E-state index contributed by atoms with van der Waals surface area (Å²) in [6.45, 7) is 4.36. The fraction of sp³-hybridized carbons (Fsp3) is 0.278. The molecule has 25 heavy (non-hydrogen) atoms. The highest BCUT2D eigenvalue weighted by Crippen LogP contribution is 2.28. The molecule has 0 radical (unpaired) electrons. The van der Waals surface area contributed by atoms with Crippen LogP contribution in [0.4, 0.5) is 0 Å². The second-order valence-corrected chi connectivity index (χ2v) is 6.31. The average molecular weight is 359 g/mol. The fourth-order valence-corrected chi connectivity index (χ4v) is 3.04. The second-order valence-electron chi connectivity index (χ2n) is 5.93. The van der Waals surface area contributed by atoms with Crippen LogP contribution in [0.2, 0.25) is 5.02 Å². The Hall–Kier alpha value is -2.60. The maximum atomic E-state index is 12.7. The van der Waals surface area contributed by atoms with E-state index in [1.807, 2.05) is 13.8 Å². The van der Waals surface area contributed by atoms with E-state index < -0.39 is 0 Å². The van der Waals surface area contributed by atoms with Gasteiger partial charge < -0.3 is 15.7 Å². The van der Waals surface area contributed by atoms with Crippen LogP contribution in [-0.4, -0.2) is 39.0 Å². The Balaban J connectivity index is 1.89. The smallest absolute Gasteiger partial charge is 0.258 e. The number of amides is 1. The quantitative estimate of drug-likeness (QED) is 0.879. The van der Waals surface area contributed by atoms with Gasteiger partial charge in [-0.3, -0.25) is 4.79 Å². The predicted molar refractivity (Wildman–Crippen MR) is 96.3 cm³/mol. The number of phenolic OH excluding ortho intramolecular Hbond substituents is 1. The van der Waals surface area contributed by atoms with Gasteiger partial charge in [-0.15, -0.1) is 0 Å². The maximum absolute atomic E-state index is 12.7. The van der Waals surface area contributed by atoms with Crippen molar-refractivity contribution >= 4 is 23.1 Å². The predicted octanol–water partition coefficient (Wildman–Crippen LogP) is 2.53. The molecule has 6 nitrogen and oxygen atoms in total. The molecule has 0 unspecified atom stereocenters. The van der Waals surface area contributed by atoms with Crippen molar-refractivity contribution in [3.63, 3.8) is 0 Å². The molecule has 7 heteroatoms. The van der Waals surface area contributed by atoms with E-state index in [0.29, 0.717) is 35.2 Å². The van der Waals surface area contributed by atoms with Crippen molar-refractivity contribution < 1.29 is 9.90 Å². The third kappa shape index (κ3) is 3.17. The Kier molecular flexibility index (Phi) is 4.63. The molecule has 3 rings (SSSR count). The summed E-state index contributed by atoms with van der Waals surface area (Å²) < 4.78 is 0. The van der Waals surface area contributed by atoms with E-state index in [1.54, 1.807) is 23.1 Å². The molecule has 0 spiro atoms. The molecule has 1 amide bonds. The molecule has 0 bridgehead atoms. The molecule has 0 atom stereocenters. The molecule has 0 fully saturated rings. The summed E-state index contributed by atoms with van der Waals surface area (Å²) in [5.41, 5.74) is 9.11. The van der Waals surface area contributed by atoms with Crippen LogP contribution < -0.4 is 5.73 Å². The van der Waals surface area contributed by atoms with Gasteiger partial charge in [-0.2, -0.15) is 0 Å². The van der Waals surface area contributed by atoms with Crippen molar-refractivity contribution in [2.24, 2.45) is 5.73 Å². The van der Waals surface area contributed by atoms with Crippen molar-refractivity contribution in [2.75, 3.05) is 13.1 Å². The van der Waals surface area contributed by atoms with Crippen molar-refractivity contribution in [3.8, 4) is 5.75 Å². The highest BCUT2D eigenvalue weighted by molar-refractivity contribution is 6.31. The van der Waals surface area contributed by atoms with Gasteiger partial charge >= 0.3 is 0 Å². The number of nitrogens with two attached hydrogens (primary N) is 1. The van der Waals surface area contributed by atoms with Gasteiger partial charge in [-0.1, -0.05) is 30.7 Å². The molecule has 1 aliphatic heterocycles. The third-order valence-electron chi connectivity index (χ3n) is 4.21. The number of halogens is 1. The summed E-state index contributed by atoms with van der Waals surface area (Å²) in [5.74, 6) is 0.174. The van der Waals surface area contributed by atoms with Crippen LogP contribution in [-0.2, 0) is 6.42 Å². The molecule has 0 aliphatic carbocycles. The van der Waals surface area contributed by atoms with Crippen LogP contribution in [0.3, 0.4) is 0 Å². The number of carbonyl (C=O) groups is 1. The molecule has 130 valence electrons. The zero-order valence-corrected chi connectivity index (χ0v) is 14.8. The van der Waals surface area contributed by atoms with Gasteiger partial charge in [0.2, 0.25) is 0 Å². The summed E-state index contributed by atoms with van der Waals surface area (Å²) >= 11 is 6.22. The average Bonchev–Trinajstić information content (AvgIpc) is 2.99. The van der Waals surface area contributed by atoms with Crippen LogP contribution in [0.25, 0.3) is 5.57 Å². The number of hydrogen-bond acceptors (Lipinski definition) is 5. The highest BCUT2D eigenvalue weighted by atomic mass is 35.5. The number of rotatable bonds is 3. The largest absolute Gasteiger partial charge is 0.507 e. The first-order valence-electron chi connectivity index (χ1n) is 8.00. The van der Waals surface area contributed by atoms with Gasteiger partial charge in [-0.05, 0) is 25.5 Å². The lowest BCUT2D eigenvalue weighted by Crippen LogP contribution is -2.30. The lowest BCUT2D eigenvalue weighted by Gasteiger charge is -2.17. The molecular formula is C18H19ClN4O2. The molecule has 2 heterocycles. The first kappa shape index (κ1) is 17.2. The molecule has 2 aromatic rings. The van der Waals surface area contributed by atoms with Gasteiger partial charge in [0.15, 0.2) is 5.82 Å². The van der Waals surface area contributed by atoms with Crippen molar-refractivity contribution in [3.05, 3.63) is 57.8 Å². The first-order chi connectivity index (χ1) is 11.9. The van der Waals surface area contributed by atoms with E-state index in [1.165, 1.54) is 6.07 Å². The van der Waals surface area contributed by atoms with Gasteiger partial charge in [0, 0.05) is 11.3 Å². The topological polar surface area (TPSA) is 92.3 Å². The van der Waals surface area contributed by atoms with Gasteiger partial charge in [-0.25, -0.2) is 9.97 Å². The number of aryl methyl sites for hydroxylation is 2. The summed E-state index contributed by atoms with van der Waals surface area (Å²) in [5, 5.41) is 10.5. The monoisotopic (exact) mass is 358 g/mol. The molecule has 0 saturated carbocycles. The third-order valence-corrected chi connectivity index (χ3v) is 4.70. The standard InChI is InChI=1S/C18H19ClN4O2/c1-3-14-16(19)10(2)21-17(22-14)12-8-23(9-13(12)20)18(25)11-6-4-5-7-15(11)24/h4-7,24H,3,8-9,20H2,1-2H3. The van der Waals surface area contributed by atoms with Gasteiger partial charge in [0.1, 0.15) is 5.75 Å². The van der Waals surface area contributed by atoms with E-state index in [4.69, 9.17) is 17.3 Å². The van der Waals surface area contributed by atoms with Crippen molar-refractivity contribution in [1.29, 1.82) is 0 Å². The minimum absolute atomic E-state index is 0.0496. The van der Waals surface area contributed by atoms with E-state index in [0.717, 1.165) is 11.3 Å². The molecule has 1 aliphatic rings. The van der Waals surface area contributed by atoms with E-state index >= 15 is 0 Å². The van der Waals surface area contributed by atoms with E-state index in [2.05, 4.69) is 9.97 Å². The van der Waals surface area contributed by atoms with Crippen LogP contribution in [0.1, 0.15) is 34.5 Å². The zero-order valence-electron chi connectivity index (χ0n) is 14.1. The molecule has 1 aromatic heterocycles. The summed E-state index contributed by atoms with van der Waals surface area (Å²) in [4.78, 5) is 23.2. The lowest BCUT2D eigenvalue weighted by molar-refractivity contribution is 0.0796. The number of nitrogens with zero attached hydrogens (tertiary/aromatic N) is 3. The Morgan fingerprint density at radius 1 is 1.32 bits per heavy atom. The van der Waals surface area contributed by atoms with Crippen molar-refractivity contribution in [2.45, 2.75) is 20.3 Å². The zero-order chi connectivity index (χ0) is 18.1. The number of aromatic nitrogens is 2. The fourth-order valence-electron chi connectivity index (χ4n) is 2.82. The highest BCUT2D eigenvalue weighted by Gasteiger charge is 2.29. The summed E-state index contributed by atoms with van der Waals surface area (Å²) in [6, 6.07) is 6.45.